The lowest BCUT2D eigenvalue weighted by Crippen LogP contribution is -2.40. The van der Waals surface area contributed by atoms with Crippen molar-refractivity contribution in [3.8, 4) is 17.1 Å². The Balaban J connectivity index is 1.43. The fourth-order valence-electron chi connectivity index (χ4n) is 4.92. The Hall–Kier alpha value is -5.55. The number of nitrogens with zero attached hydrogens (tertiary/aromatic N) is 3. The van der Waals surface area contributed by atoms with E-state index in [0.29, 0.717) is 54.7 Å². The molecule has 0 saturated carbocycles. The molecule has 1 atom stereocenters. The highest BCUT2D eigenvalue weighted by atomic mass is 32.1. The van der Waals surface area contributed by atoms with Crippen molar-refractivity contribution >= 4 is 34.7 Å². The number of nitrogens with one attached hydrogen (secondary N) is 1. The summed E-state index contributed by atoms with van der Waals surface area (Å²) in [6, 6.07) is 25.1. The van der Waals surface area contributed by atoms with Crippen LogP contribution in [0.3, 0.4) is 0 Å². The summed E-state index contributed by atoms with van der Waals surface area (Å²) in [5, 5.41) is 14.1. The van der Waals surface area contributed by atoms with Crippen molar-refractivity contribution in [2.75, 3.05) is 12.4 Å². The molecule has 1 N–H and O–H groups in total. The van der Waals surface area contributed by atoms with E-state index in [4.69, 9.17) is 9.15 Å². The third kappa shape index (κ3) is 5.41. The molecule has 10 nitrogen and oxygen atoms in total. The zero-order chi connectivity index (χ0) is 30.1. The molecule has 6 rings (SSSR count). The minimum atomic E-state index is -0.745. The number of aromatic nitrogens is 1. The normalized spacial score (nSPS) is 14.7. The quantitative estimate of drug-likeness (QED) is 0.208. The van der Waals surface area contributed by atoms with Gasteiger partial charge in [-0.25, -0.2) is 4.99 Å². The van der Waals surface area contributed by atoms with Crippen molar-refractivity contribution in [2.45, 2.75) is 13.0 Å². The third-order valence-electron chi connectivity index (χ3n) is 6.97. The minimum absolute atomic E-state index is 0.0511. The fraction of sp³-hybridized carbons (Fsp3) is 0.0938. The molecule has 11 heteroatoms. The van der Waals surface area contributed by atoms with E-state index in [1.807, 2.05) is 30.3 Å². The van der Waals surface area contributed by atoms with Gasteiger partial charge in [-0.3, -0.25) is 24.3 Å². The van der Waals surface area contributed by atoms with Gasteiger partial charge in [0.1, 0.15) is 17.3 Å². The van der Waals surface area contributed by atoms with Crippen molar-refractivity contribution in [1.82, 2.24) is 4.57 Å². The SMILES string of the molecule is COc1ccc([C@H]2C(C(=O)Nc3ccccc3)=C(C)N=c3s/c(=C/c4ccc(-c5cccc([N+](=O)[O-])c5)o4)c(=O)n32)cc1. The highest BCUT2D eigenvalue weighted by Crippen LogP contribution is 2.32. The summed E-state index contributed by atoms with van der Waals surface area (Å²) in [7, 11) is 1.57. The Bertz CT molecular complexity index is 2070. The second-order valence-corrected chi connectivity index (χ2v) is 10.7. The summed E-state index contributed by atoms with van der Waals surface area (Å²) in [5.74, 6) is 1.10. The average Bonchev–Trinajstić information content (AvgIpc) is 3.61. The van der Waals surface area contributed by atoms with Gasteiger partial charge in [0.15, 0.2) is 4.80 Å². The second-order valence-electron chi connectivity index (χ2n) is 9.68. The van der Waals surface area contributed by atoms with Gasteiger partial charge in [0.05, 0.1) is 33.9 Å². The number of rotatable bonds is 7. The Kier molecular flexibility index (Phi) is 7.31. The molecular formula is C32H24N4O6S. The van der Waals surface area contributed by atoms with Crippen LogP contribution in [0.25, 0.3) is 17.4 Å². The maximum absolute atomic E-state index is 13.9. The van der Waals surface area contributed by atoms with E-state index >= 15 is 0 Å². The van der Waals surface area contributed by atoms with Crippen molar-refractivity contribution in [3.05, 3.63) is 143 Å². The zero-order valence-corrected chi connectivity index (χ0v) is 23.8. The minimum Gasteiger partial charge on any atom is -0.497 e. The van der Waals surface area contributed by atoms with Crippen LogP contribution >= 0.6 is 11.3 Å². The Morgan fingerprint density at radius 2 is 1.84 bits per heavy atom. The lowest BCUT2D eigenvalue weighted by Gasteiger charge is -2.25. The van der Waals surface area contributed by atoms with Crippen molar-refractivity contribution < 1.29 is 18.9 Å². The number of carbonyl (C=O) groups is 1. The molecule has 0 saturated heterocycles. The van der Waals surface area contributed by atoms with Crippen LogP contribution in [0, 0.1) is 10.1 Å². The number of carbonyl (C=O) groups excluding carboxylic acids is 1. The molecule has 1 aliphatic rings. The lowest BCUT2D eigenvalue weighted by atomic mass is 9.95. The van der Waals surface area contributed by atoms with Gasteiger partial charge in [0, 0.05) is 29.5 Å². The molecule has 2 aromatic heterocycles. The number of fused-ring (bicyclic) bond motifs is 1. The summed E-state index contributed by atoms with van der Waals surface area (Å²) in [6.45, 7) is 1.76. The lowest BCUT2D eigenvalue weighted by molar-refractivity contribution is -0.384. The molecule has 0 radical (unpaired) electrons. The van der Waals surface area contributed by atoms with Crippen molar-refractivity contribution in [2.24, 2.45) is 4.99 Å². The molecule has 214 valence electrons. The summed E-state index contributed by atoms with van der Waals surface area (Å²) in [4.78, 5) is 43.4. The van der Waals surface area contributed by atoms with Crippen LogP contribution in [0.2, 0.25) is 0 Å². The largest absolute Gasteiger partial charge is 0.497 e. The van der Waals surface area contributed by atoms with E-state index in [0.717, 1.165) is 0 Å². The van der Waals surface area contributed by atoms with Crippen LogP contribution in [0.5, 0.6) is 5.75 Å². The number of benzene rings is 3. The maximum Gasteiger partial charge on any atom is 0.271 e. The number of nitro benzene ring substituents is 1. The standard InChI is InChI=1S/C32H24N4O6S/c1-19-28(30(37)34-22-8-4-3-5-9-22)29(20-11-13-24(41-2)14-12-20)35-31(38)27(43-32(35)33-19)18-25-15-16-26(42-25)21-7-6-10-23(17-21)36(39)40/h3-18,29H,1-2H3,(H,34,37)/b27-18+/t29-/m0/s1. The average molecular weight is 593 g/mol. The molecule has 1 aliphatic heterocycles. The summed E-state index contributed by atoms with van der Waals surface area (Å²) >= 11 is 1.18. The number of amides is 1. The number of hydrogen-bond donors (Lipinski definition) is 1. The number of ether oxygens (including phenoxy) is 1. The van der Waals surface area contributed by atoms with Gasteiger partial charge in [-0.1, -0.05) is 53.8 Å². The molecule has 0 fully saturated rings. The molecule has 1 amide bonds. The summed E-state index contributed by atoms with van der Waals surface area (Å²) in [6.07, 6.45) is 1.61. The number of non-ortho nitro benzene ring substituents is 1. The van der Waals surface area contributed by atoms with Gasteiger partial charge in [0.2, 0.25) is 0 Å². The molecule has 0 aliphatic carbocycles. The van der Waals surface area contributed by atoms with Crippen molar-refractivity contribution in [1.29, 1.82) is 0 Å². The molecule has 5 aromatic rings. The third-order valence-corrected chi connectivity index (χ3v) is 7.95. The number of methoxy groups -OCH3 is 1. The molecule has 0 spiro atoms. The first-order chi connectivity index (χ1) is 20.8. The fourth-order valence-corrected chi connectivity index (χ4v) is 5.95. The smallest absolute Gasteiger partial charge is 0.271 e. The van der Waals surface area contributed by atoms with Crippen LogP contribution < -0.4 is 24.9 Å². The Morgan fingerprint density at radius 3 is 2.56 bits per heavy atom. The molecule has 0 bridgehead atoms. The van der Waals surface area contributed by atoms with Gasteiger partial charge < -0.3 is 14.5 Å². The first kappa shape index (κ1) is 27.6. The van der Waals surface area contributed by atoms with Crippen LogP contribution in [-0.2, 0) is 4.79 Å². The number of hydrogen-bond acceptors (Lipinski definition) is 8. The molecular weight excluding hydrogens is 568 g/mol. The molecule has 3 heterocycles. The van der Waals surface area contributed by atoms with Gasteiger partial charge in [-0.05, 0) is 48.9 Å². The van der Waals surface area contributed by atoms with Gasteiger partial charge >= 0.3 is 0 Å². The Labute approximate surface area is 248 Å². The number of allylic oxidation sites excluding steroid dienone is 1. The maximum atomic E-state index is 13.9. The predicted octanol–water partition coefficient (Wildman–Crippen LogP) is 5.05. The molecule has 43 heavy (non-hydrogen) atoms. The monoisotopic (exact) mass is 592 g/mol. The van der Waals surface area contributed by atoms with Crippen LogP contribution in [-0.4, -0.2) is 22.5 Å². The number of nitro groups is 1. The van der Waals surface area contributed by atoms with E-state index in [1.165, 1.54) is 28.0 Å². The zero-order valence-electron chi connectivity index (χ0n) is 23.0. The number of thiazole rings is 1. The topological polar surface area (TPSA) is 129 Å². The number of anilines is 1. The number of para-hydroxylation sites is 1. The Morgan fingerprint density at radius 1 is 1.07 bits per heavy atom. The van der Waals surface area contributed by atoms with E-state index < -0.39 is 11.0 Å². The van der Waals surface area contributed by atoms with Crippen LogP contribution in [0.15, 0.2) is 116 Å². The first-order valence-electron chi connectivity index (χ1n) is 13.2. The van der Waals surface area contributed by atoms with E-state index in [-0.39, 0.29) is 17.2 Å². The molecule has 3 aromatic carbocycles. The highest BCUT2D eigenvalue weighted by molar-refractivity contribution is 7.07. The van der Waals surface area contributed by atoms with Gasteiger partial charge in [0.25, 0.3) is 17.2 Å². The molecule has 0 unspecified atom stereocenters. The van der Waals surface area contributed by atoms with Crippen LogP contribution in [0.4, 0.5) is 11.4 Å². The van der Waals surface area contributed by atoms with Crippen LogP contribution in [0.1, 0.15) is 24.3 Å². The summed E-state index contributed by atoms with van der Waals surface area (Å²) in [5.41, 5.74) is 2.33. The van der Waals surface area contributed by atoms with E-state index in [1.54, 1.807) is 68.6 Å². The second kappa shape index (κ2) is 11.4. The highest BCUT2D eigenvalue weighted by Gasteiger charge is 2.32. The van der Waals surface area contributed by atoms with Crippen molar-refractivity contribution in [3.63, 3.8) is 0 Å². The summed E-state index contributed by atoms with van der Waals surface area (Å²) < 4.78 is 13.1. The first-order valence-corrected chi connectivity index (χ1v) is 14.0. The predicted molar refractivity (Wildman–Crippen MR) is 163 cm³/mol. The number of furan rings is 1. The van der Waals surface area contributed by atoms with Gasteiger partial charge in [-0.2, -0.15) is 0 Å². The van der Waals surface area contributed by atoms with E-state index in [9.17, 15) is 19.7 Å². The van der Waals surface area contributed by atoms with Gasteiger partial charge in [-0.15, -0.1) is 0 Å². The van der Waals surface area contributed by atoms with E-state index in [2.05, 4.69) is 10.3 Å².